The van der Waals surface area contributed by atoms with Crippen LogP contribution in [0.15, 0.2) is 12.5 Å². The minimum Gasteiger partial charge on any atom is -0.341 e. The molecule has 0 radical (unpaired) electrons. The van der Waals surface area contributed by atoms with E-state index in [9.17, 15) is 4.79 Å². The molecule has 16 heavy (non-hydrogen) atoms. The summed E-state index contributed by atoms with van der Waals surface area (Å²) in [5, 5.41) is 0. The summed E-state index contributed by atoms with van der Waals surface area (Å²) in [6.07, 6.45) is 7.63. The van der Waals surface area contributed by atoms with Crippen LogP contribution in [0.4, 0.5) is 0 Å². The zero-order valence-corrected chi connectivity index (χ0v) is 10.3. The van der Waals surface area contributed by atoms with Gasteiger partial charge in [0.2, 0.25) is 0 Å². The average molecular weight is 239 g/mol. The van der Waals surface area contributed by atoms with Crippen LogP contribution in [-0.4, -0.2) is 45.9 Å². The Morgan fingerprint density at radius 1 is 1.75 bits per heavy atom. The molecule has 0 spiro atoms. The van der Waals surface area contributed by atoms with Crippen LogP contribution in [0.1, 0.15) is 23.3 Å². The summed E-state index contributed by atoms with van der Waals surface area (Å²) in [6.45, 7) is 1.77. The normalized spacial score (nSPS) is 21.1. The number of hydrogen-bond acceptors (Lipinski definition) is 3. The van der Waals surface area contributed by atoms with Crippen molar-refractivity contribution in [3.05, 3.63) is 18.2 Å². The lowest BCUT2D eigenvalue weighted by Gasteiger charge is -2.32. The van der Waals surface area contributed by atoms with Gasteiger partial charge < -0.3 is 9.88 Å². The van der Waals surface area contributed by atoms with Gasteiger partial charge in [-0.1, -0.05) is 0 Å². The second-order valence-electron chi connectivity index (χ2n) is 4.18. The number of hydrogen-bond donors (Lipinski definition) is 1. The fourth-order valence-corrected chi connectivity index (χ4v) is 2.91. The van der Waals surface area contributed by atoms with Crippen LogP contribution in [0.3, 0.4) is 0 Å². The number of H-pyrrole nitrogens is 1. The highest BCUT2D eigenvalue weighted by atomic mass is 32.2. The first-order valence-corrected chi connectivity index (χ1v) is 6.97. The van der Waals surface area contributed by atoms with Crippen LogP contribution < -0.4 is 0 Å². The molecule has 1 aliphatic rings. The van der Waals surface area contributed by atoms with Crippen molar-refractivity contribution in [2.24, 2.45) is 5.92 Å². The standard InChI is InChI=1S/C11H17N3OS/c1-16-7-9-3-2-4-14(6-9)11(15)10-5-12-8-13-10/h5,8-9H,2-4,6-7H2,1H3,(H,12,13). The summed E-state index contributed by atoms with van der Waals surface area (Å²) < 4.78 is 0. The largest absolute Gasteiger partial charge is 0.341 e. The van der Waals surface area contributed by atoms with Gasteiger partial charge in [0.15, 0.2) is 0 Å². The molecule has 5 heteroatoms. The van der Waals surface area contributed by atoms with Gasteiger partial charge in [-0.2, -0.15) is 11.8 Å². The Kier molecular flexibility index (Phi) is 3.88. The van der Waals surface area contributed by atoms with Crippen LogP contribution in [0.5, 0.6) is 0 Å². The molecule has 1 fully saturated rings. The van der Waals surface area contributed by atoms with E-state index in [1.165, 1.54) is 6.42 Å². The third-order valence-electron chi connectivity index (χ3n) is 2.94. The number of carbonyl (C=O) groups is 1. The molecule has 0 bridgehead atoms. The van der Waals surface area contributed by atoms with Gasteiger partial charge in [0.25, 0.3) is 5.91 Å². The molecule has 1 aliphatic heterocycles. The van der Waals surface area contributed by atoms with Crippen molar-refractivity contribution in [1.82, 2.24) is 14.9 Å². The topological polar surface area (TPSA) is 49.0 Å². The van der Waals surface area contributed by atoms with E-state index in [0.29, 0.717) is 11.6 Å². The van der Waals surface area contributed by atoms with Gasteiger partial charge in [-0.15, -0.1) is 0 Å². The van der Waals surface area contributed by atoms with E-state index in [1.807, 2.05) is 16.7 Å². The first-order chi connectivity index (χ1) is 7.81. The molecule has 1 N–H and O–H groups in total. The van der Waals surface area contributed by atoms with Crippen molar-refractivity contribution >= 4 is 17.7 Å². The smallest absolute Gasteiger partial charge is 0.271 e. The highest BCUT2D eigenvalue weighted by molar-refractivity contribution is 7.98. The zero-order chi connectivity index (χ0) is 11.4. The number of rotatable bonds is 3. The summed E-state index contributed by atoms with van der Waals surface area (Å²) in [4.78, 5) is 20.8. The molecule has 2 heterocycles. The van der Waals surface area contributed by atoms with Gasteiger partial charge in [-0.25, -0.2) is 4.98 Å². The quantitative estimate of drug-likeness (QED) is 0.872. The van der Waals surface area contributed by atoms with E-state index in [1.54, 1.807) is 12.5 Å². The monoisotopic (exact) mass is 239 g/mol. The highest BCUT2D eigenvalue weighted by Crippen LogP contribution is 2.20. The number of nitrogens with one attached hydrogen (secondary N) is 1. The number of thioether (sulfide) groups is 1. The molecular formula is C11H17N3OS. The Morgan fingerprint density at radius 2 is 2.62 bits per heavy atom. The van der Waals surface area contributed by atoms with Gasteiger partial charge >= 0.3 is 0 Å². The Balaban J connectivity index is 1.96. The van der Waals surface area contributed by atoms with Crippen LogP contribution >= 0.6 is 11.8 Å². The molecule has 1 saturated heterocycles. The lowest BCUT2D eigenvalue weighted by Crippen LogP contribution is -2.40. The molecule has 4 nitrogen and oxygen atoms in total. The van der Waals surface area contributed by atoms with Crippen LogP contribution in [-0.2, 0) is 0 Å². The fourth-order valence-electron chi connectivity index (χ4n) is 2.16. The molecule has 0 aliphatic carbocycles. The Morgan fingerprint density at radius 3 is 3.31 bits per heavy atom. The molecule has 88 valence electrons. The molecule has 1 aromatic heterocycles. The molecule has 1 unspecified atom stereocenters. The lowest BCUT2D eigenvalue weighted by molar-refractivity contribution is 0.0680. The minimum absolute atomic E-state index is 0.0864. The van der Waals surface area contributed by atoms with Crippen molar-refractivity contribution in [2.75, 3.05) is 25.1 Å². The Bertz CT molecular complexity index is 337. The van der Waals surface area contributed by atoms with Crippen LogP contribution in [0.2, 0.25) is 0 Å². The molecule has 0 aromatic carbocycles. The van der Waals surface area contributed by atoms with E-state index in [-0.39, 0.29) is 5.91 Å². The maximum atomic E-state index is 12.1. The molecule has 1 atom stereocenters. The Labute approximate surface area is 99.8 Å². The maximum absolute atomic E-state index is 12.1. The summed E-state index contributed by atoms with van der Waals surface area (Å²) in [7, 11) is 0. The van der Waals surface area contributed by atoms with Crippen molar-refractivity contribution < 1.29 is 4.79 Å². The SMILES string of the molecule is CSCC1CCCN(C(=O)c2cnc[nH]2)C1. The number of carbonyl (C=O) groups excluding carboxylic acids is 1. The predicted molar refractivity (Wildman–Crippen MR) is 65.6 cm³/mol. The number of aromatic amines is 1. The van der Waals surface area contributed by atoms with Gasteiger partial charge in [-0.3, -0.25) is 4.79 Å². The highest BCUT2D eigenvalue weighted by Gasteiger charge is 2.24. The minimum atomic E-state index is 0.0864. The molecule has 1 amide bonds. The van der Waals surface area contributed by atoms with Crippen LogP contribution in [0.25, 0.3) is 0 Å². The second kappa shape index (κ2) is 5.39. The van der Waals surface area contributed by atoms with E-state index < -0.39 is 0 Å². The summed E-state index contributed by atoms with van der Waals surface area (Å²) in [6, 6.07) is 0. The Hall–Kier alpha value is -0.970. The second-order valence-corrected chi connectivity index (χ2v) is 5.09. The third-order valence-corrected chi connectivity index (χ3v) is 3.74. The van der Waals surface area contributed by atoms with E-state index in [2.05, 4.69) is 16.2 Å². The third kappa shape index (κ3) is 2.58. The average Bonchev–Trinajstić information content (AvgIpc) is 2.82. The molecular weight excluding hydrogens is 222 g/mol. The number of aromatic nitrogens is 2. The maximum Gasteiger partial charge on any atom is 0.271 e. The number of amides is 1. The van der Waals surface area contributed by atoms with E-state index in [0.717, 1.165) is 25.3 Å². The van der Waals surface area contributed by atoms with Gasteiger partial charge in [0.1, 0.15) is 5.69 Å². The van der Waals surface area contributed by atoms with Gasteiger partial charge in [0.05, 0.1) is 12.5 Å². The van der Waals surface area contributed by atoms with Crippen molar-refractivity contribution in [1.29, 1.82) is 0 Å². The fraction of sp³-hybridized carbons (Fsp3) is 0.636. The van der Waals surface area contributed by atoms with Crippen molar-refractivity contribution in [3.63, 3.8) is 0 Å². The van der Waals surface area contributed by atoms with Gasteiger partial charge in [0, 0.05) is 13.1 Å². The first-order valence-electron chi connectivity index (χ1n) is 5.58. The number of piperidine rings is 1. The lowest BCUT2D eigenvalue weighted by atomic mass is 10.00. The van der Waals surface area contributed by atoms with Crippen molar-refractivity contribution in [3.8, 4) is 0 Å². The summed E-state index contributed by atoms with van der Waals surface area (Å²) >= 11 is 1.86. The summed E-state index contributed by atoms with van der Waals surface area (Å²) in [5.41, 5.74) is 0.602. The molecule has 1 aromatic rings. The molecule has 2 rings (SSSR count). The molecule has 0 saturated carbocycles. The van der Waals surface area contributed by atoms with Crippen molar-refractivity contribution in [2.45, 2.75) is 12.8 Å². The predicted octanol–water partition coefficient (Wildman–Crippen LogP) is 1.62. The van der Waals surface area contributed by atoms with E-state index in [4.69, 9.17) is 0 Å². The van der Waals surface area contributed by atoms with Crippen LogP contribution in [0, 0.1) is 5.92 Å². The number of imidazole rings is 1. The number of nitrogens with zero attached hydrogens (tertiary/aromatic N) is 2. The summed E-state index contributed by atoms with van der Waals surface area (Å²) in [5.74, 6) is 1.88. The van der Waals surface area contributed by atoms with E-state index >= 15 is 0 Å². The number of likely N-dealkylation sites (tertiary alicyclic amines) is 1. The zero-order valence-electron chi connectivity index (χ0n) is 9.48. The first kappa shape index (κ1) is 11.5. The van der Waals surface area contributed by atoms with Gasteiger partial charge in [-0.05, 0) is 30.8 Å².